The van der Waals surface area contributed by atoms with Gasteiger partial charge in [0.15, 0.2) is 5.76 Å². The Balaban J connectivity index is 1.70. The molecule has 1 aromatic heterocycles. The minimum absolute atomic E-state index is 0.176. The second-order valence-electron chi connectivity index (χ2n) is 4.67. The van der Waals surface area contributed by atoms with Gasteiger partial charge in [-0.05, 0) is 38.1 Å². The Morgan fingerprint density at radius 1 is 1.16 bits per heavy atom. The van der Waals surface area contributed by atoms with Gasteiger partial charge in [-0.25, -0.2) is 0 Å². The van der Waals surface area contributed by atoms with E-state index in [4.69, 9.17) is 4.42 Å². The standard InChI is InChI=1S/C13H19N3O3/c17-12(10-16-7-3-1-2-4-8-16)14-15-13(18)11-6-5-9-19-11/h5-6,9H,1-4,7-8,10H2,(H,14,17)(H,15,18). The van der Waals surface area contributed by atoms with Crippen molar-refractivity contribution in [2.75, 3.05) is 19.6 Å². The summed E-state index contributed by atoms with van der Waals surface area (Å²) in [6.45, 7) is 2.21. The quantitative estimate of drug-likeness (QED) is 0.797. The van der Waals surface area contributed by atoms with Crippen LogP contribution in [0.15, 0.2) is 22.8 Å². The normalized spacial score (nSPS) is 16.6. The van der Waals surface area contributed by atoms with E-state index in [1.54, 1.807) is 6.07 Å². The van der Waals surface area contributed by atoms with Gasteiger partial charge in [-0.1, -0.05) is 12.8 Å². The van der Waals surface area contributed by atoms with Crippen LogP contribution >= 0.6 is 0 Å². The first kappa shape index (κ1) is 13.6. The SMILES string of the molecule is O=C(CN1CCCCCC1)NNC(=O)c1ccco1. The summed E-state index contributed by atoms with van der Waals surface area (Å²) in [5.74, 6) is -0.480. The predicted octanol–water partition coefficient (Wildman–Crippen LogP) is 0.917. The lowest BCUT2D eigenvalue weighted by molar-refractivity contribution is -0.123. The molecule has 6 heteroatoms. The van der Waals surface area contributed by atoms with Gasteiger partial charge in [0.2, 0.25) is 0 Å². The Bertz CT molecular complexity index is 409. The molecule has 0 atom stereocenters. The lowest BCUT2D eigenvalue weighted by atomic mass is 10.2. The highest BCUT2D eigenvalue weighted by molar-refractivity contribution is 5.93. The highest BCUT2D eigenvalue weighted by atomic mass is 16.3. The van der Waals surface area contributed by atoms with E-state index in [0.717, 1.165) is 25.9 Å². The number of likely N-dealkylation sites (tertiary alicyclic amines) is 1. The molecule has 0 saturated carbocycles. The molecule has 1 aliphatic rings. The molecule has 0 bridgehead atoms. The van der Waals surface area contributed by atoms with Gasteiger partial charge in [0.1, 0.15) is 0 Å². The third-order valence-electron chi connectivity index (χ3n) is 3.13. The van der Waals surface area contributed by atoms with Crippen molar-refractivity contribution in [3.05, 3.63) is 24.2 Å². The number of amides is 2. The largest absolute Gasteiger partial charge is 0.459 e. The summed E-state index contributed by atoms with van der Waals surface area (Å²) in [6, 6.07) is 3.16. The summed E-state index contributed by atoms with van der Waals surface area (Å²) < 4.78 is 4.92. The number of carbonyl (C=O) groups excluding carboxylic acids is 2. The van der Waals surface area contributed by atoms with Crippen molar-refractivity contribution in [3.8, 4) is 0 Å². The topological polar surface area (TPSA) is 74.6 Å². The lowest BCUT2D eigenvalue weighted by Gasteiger charge is -2.18. The fourth-order valence-electron chi connectivity index (χ4n) is 2.13. The molecular weight excluding hydrogens is 246 g/mol. The van der Waals surface area contributed by atoms with Gasteiger partial charge in [-0.15, -0.1) is 0 Å². The molecule has 0 unspecified atom stereocenters. The van der Waals surface area contributed by atoms with Crippen LogP contribution in [0.25, 0.3) is 0 Å². The molecule has 2 rings (SSSR count). The smallest absolute Gasteiger partial charge is 0.305 e. The third-order valence-corrected chi connectivity index (χ3v) is 3.13. The number of furan rings is 1. The molecule has 2 amide bonds. The third kappa shape index (κ3) is 4.40. The molecule has 1 fully saturated rings. The fourth-order valence-corrected chi connectivity index (χ4v) is 2.13. The van der Waals surface area contributed by atoms with Crippen LogP contribution in [0.3, 0.4) is 0 Å². The van der Waals surface area contributed by atoms with Crippen LogP contribution in [0.1, 0.15) is 36.2 Å². The lowest BCUT2D eigenvalue weighted by Crippen LogP contribution is -2.46. The minimum atomic E-state index is -0.450. The maximum absolute atomic E-state index is 11.7. The first-order chi connectivity index (χ1) is 9.25. The van der Waals surface area contributed by atoms with Gasteiger partial charge in [-0.2, -0.15) is 0 Å². The van der Waals surface area contributed by atoms with E-state index in [2.05, 4.69) is 15.8 Å². The van der Waals surface area contributed by atoms with E-state index in [0.29, 0.717) is 6.54 Å². The second kappa shape index (κ2) is 6.94. The molecule has 0 aliphatic carbocycles. The molecular formula is C13H19N3O3. The number of hydrazine groups is 1. The molecule has 0 radical (unpaired) electrons. The Hall–Kier alpha value is -1.82. The summed E-state index contributed by atoms with van der Waals surface area (Å²) in [5, 5.41) is 0. The van der Waals surface area contributed by atoms with Gasteiger partial charge in [-0.3, -0.25) is 25.3 Å². The summed E-state index contributed by atoms with van der Waals surface area (Å²) in [4.78, 5) is 25.3. The second-order valence-corrected chi connectivity index (χ2v) is 4.67. The monoisotopic (exact) mass is 265 g/mol. The Morgan fingerprint density at radius 3 is 2.53 bits per heavy atom. The minimum Gasteiger partial charge on any atom is -0.459 e. The molecule has 6 nitrogen and oxygen atoms in total. The molecule has 19 heavy (non-hydrogen) atoms. The summed E-state index contributed by atoms with van der Waals surface area (Å²) in [5.41, 5.74) is 4.73. The van der Waals surface area contributed by atoms with Crippen molar-refractivity contribution < 1.29 is 14.0 Å². The first-order valence-electron chi connectivity index (χ1n) is 6.61. The van der Waals surface area contributed by atoms with Crippen molar-refractivity contribution in [1.29, 1.82) is 0 Å². The first-order valence-corrected chi connectivity index (χ1v) is 6.61. The zero-order chi connectivity index (χ0) is 13.5. The van der Waals surface area contributed by atoms with E-state index in [-0.39, 0.29) is 11.7 Å². The van der Waals surface area contributed by atoms with Crippen molar-refractivity contribution in [2.45, 2.75) is 25.7 Å². The van der Waals surface area contributed by atoms with Crippen molar-refractivity contribution >= 4 is 11.8 Å². The van der Waals surface area contributed by atoms with Crippen LogP contribution in [0.4, 0.5) is 0 Å². The molecule has 2 N–H and O–H groups in total. The van der Waals surface area contributed by atoms with Gasteiger partial charge in [0.25, 0.3) is 5.91 Å². The zero-order valence-corrected chi connectivity index (χ0v) is 10.9. The van der Waals surface area contributed by atoms with Crippen LogP contribution in [-0.2, 0) is 4.79 Å². The Morgan fingerprint density at radius 2 is 1.89 bits per heavy atom. The number of hydrogen-bond acceptors (Lipinski definition) is 4. The predicted molar refractivity (Wildman–Crippen MR) is 69.2 cm³/mol. The highest BCUT2D eigenvalue weighted by Gasteiger charge is 2.14. The maximum atomic E-state index is 11.7. The molecule has 1 aromatic rings. The van der Waals surface area contributed by atoms with E-state index in [1.165, 1.54) is 25.2 Å². The van der Waals surface area contributed by atoms with E-state index in [9.17, 15) is 9.59 Å². The van der Waals surface area contributed by atoms with Gasteiger partial charge in [0, 0.05) is 0 Å². The van der Waals surface area contributed by atoms with Crippen LogP contribution in [0.5, 0.6) is 0 Å². The number of rotatable bonds is 3. The van der Waals surface area contributed by atoms with Crippen molar-refractivity contribution in [3.63, 3.8) is 0 Å². The van der Waals surface area contributed by atoms with E-state index < -0.39 is 5.91 Å². The Labute approximate surface area is 112 Å². The fraction of sp³-hybridized carbons (Fsp3) is 0.538. The Kier molecular flexibility index (Phi) is 4.97. The number of nitrogens with zero attached hydrogens (tertiary/aromatic N) is 1. The average Bonchev–Trinajstić information content (AvgIpc) is 2.82. The molecule has 1 saturated heterocycles. The molecule has 0 spiro atoms. The highest BCUT2D eigenvalue weighted by Crippen LogP contribution is 2.08. The van der Waals surface area contributed by atoms with Crippen molar-refractivity contribution in [1.82, 2.24) is 15.8 Å². The van der Waals surface area contributed by atoms with Crippen LogP contribution < -0.4 is 10.9 Å². The van der Waals surface area contributed by atoms with Crippen LogP contribution in [-0.4, -0.2) is 36.3 Å². The summed E-state index contributed by atoms with van der Waals surface area (Å²) in [7, 11) is 0. The van der Waals surface area contributed by atoms with E-state index >= 15 is 0 Å². The van der Waals surface area contributed by atoms with Gasteiger partial charge >= 0.3 is 5.91 Å². The molecule has 1 aliphatic heterocycles. The van der Waals surface area contributed by atoms with Gasteiger partial charge < -0.3 is 4.42 Å². The van der Waals surface area contributed by atoms with Crippen LogP contribution in [0, 0.1) is 0 Å². The van der Waals surface area contributed by atoms with Crippen molar-refractivity contribution in [2.24, 2.45) is 0 Å². The molecule has 2 heterocycles. The van der Waals surface area contributed by atoms with E-state index in [1.807, 2.05) is 0 Å². The maximum Gasteiger partial charge on any atom is 0.305 e. The number of nitrogens with one attached hydrogen (secondary N) is 2. The molecule has 0 aromatic carbocycles. The summed E-state index contributed by atoms with van der Waals surface area (Å²) in [6.07, 6.45) is 6.13. The number of hydrogen-bond donors (Lipinski definition) is 2. The van der Waals surface area contributed by atoms with Crippen LogP contribution in [0.2, 0.25) is 0 Å². The zero-order valence-electron chi connectivity index (χ0n) is 10.9. The average molecular weight is 265 g/mol. The molecule has 104 valence electrons. The van der Waals surface area contributed by atoms with Gasteiger partial charge in [0.05, 0.1) is 12.8 Å². The number of carbonyl (C=O) groups is 2. The summed E-state index contributed by atoms with van der Waals surface area (Å²) >= 11 is 0.